The second-order valence-electron chi connectivity index (χ2n) is 0.408. The van der Waals surface area contributed by atoms with Crippen molar-refractivity contribution in [2.75, 3.05) is 14.2 Å². The topological polar surface area (TPSA) is 9.23 Å². The number of hydrogen-bond acceptors (Lipinski definition) is 1. The first kappa shape index (κ1) is 53.0. The van der Waals surface area contributed by atoms with Gasteiger partial charge < -0.3 is 4.74 Å². The van der Waals surface area contributed by atoms with Crippen LogP contribution in [-0.4, -0.2) is 14.2 Å². The predicted molar refractivity (Wildman–Crippen MR) is 48.5 cm³/mol. The van der Waals surface area contributed by atoms with Crippen molar-refractivity contribution in [2.24, 2.45) is 0 Å². The molecule has 0 N–H and O–H groups in total. The molecule has 0 saturated heterocycles. The molecule has 0 aliphatic rings. The minimum Gasteiger partial charge on any atom is -0.388 e. The molecule has 0 heterocycles. The molecule has 9 heavy (non-hydrogen) atoms. The molecule has 1 nitrogen and oxygen atoms in total. The van der Waals surface area contributed by atoms with Crippen molar-refractivity contribution in [3.8, 4) is 0 Å². The first-order chi connectivity index (χ1) is 2.41. The molecule has 0 bridgehead atoms. The van der Waals surface area contributed by atoms with Gasteiger partial charge in [0.25, 0.3) is 0 Å². The normalized spacial score (nSPS) is 2.67. The Hall–Kier alpha value is 0.760. The van der Waals surface area contributed by atoms with E-state index in [1.807, 2.05) is 13.8 Å². The number of halogens is 4. The van der Waals surface area contributed by atoms with E-state index >= 15 is 0 Å². The van der Waals surface area contributed by atoms with E-state index in [1.165, 1.54) is 0 Å². The molecule has 0 aromatic heterocycles. The molecule has 0 unspecified atom stereocenters. The Labute approximate surface area is 75.1 Å². The van der Waals surface area contributed by atoms with Crippen molar-refractivity contribution in [1.82, 2.24) is 0 Å². The molecule has 0 amide bonds. The van der Waals surface area contributed by atoms with Gasteiger partial charge in [-0.2, -0.15) is 0 Å². The highest BCUT2D eigenvalue weighted by atomic mass is 35.5. The van der Waals surface area contributed by atoms with Gasteiger partial charge in [0.15, 0.2) is 0 Å². The molecule has 0 radical (unpaired) electrons. The van der Waals surface area contributed by atoms with E-state index in [4.69, 9.17) is 0 Å². The van der Waals surface area contributed by atoms with Crippen LogP contribution < -0.4 is 0 Å². The van der Waals surface area contributed by atoms with E-state index in [2.05, 4.69) is 4.74 Å². The summed E-state index contributed by atoms with van der Waals surface area (Å²) in [5.41, 5.74) is 0. The molecular formula is C4H16Cl3FO. The van der Waals surface area contributed by atoms with Crippen molar-refractivity contribution in [3.05, 3.63) is 0 Å². The molecule has 0 aliphatic heterocycles. The standard InChI is InChI=1S/C2H6O.C2H6.3ClH.FH/c1-3-2;1-2;;;;/h1-2H3;1-2H3;4*1H. The number of methoxy groups -OCH3 is 1. The van der Waals surface area contributed by atoms with Crippen LogP contribution in [0.5, 0.6) is 0 Å². The molecule has 5 heteroatoms. The van der Waals surface area contributed by atoms with Crippen molar-refractivity contribution in [3.63, 3.8) is 0 Å². The van der Waals surface area contributed by atoms with Crippen molar-refractivity contribution < 1.29 is 9.44 Å². The third-order valence-corrected chi connectivity index (χ3v) is 0. The van der Waals surface area contributed by atoms with Gasteiger partial charge in [0.1, 0.15) is 0 Å². The third kappa shape index (κ3) is 693. The Bertz CT molecular complexity index is 15.8. The monoisotopic (exact) mass is 204 g/mol. The molecule has 0 fully saturated rings. The van der Waals surface area contributed by atoms with Crippen LogP contribution in [-0.2, 0) is 4.74 Å². The summed E-state index contributed by atoms with van der Waals surface area (Å²) in [4.78, 5) is 0. The average molecular weight is 206 g/mol. The molecule has 0 aromatic carbocycles. The van der Waals surface area contributed by atoms with Gasteiger partial charge in [-0.3, -0.25) is 4.70 Å². The van der Waals surface area contributed by atoms with Gasteiger partial charge in [0, 0.05) is 14.2 Å². The van der Waals surface area contributed by atoms with E-state index in [-0.39, 0.29) is 41.9 Å². The predicted octanol–water partition coefficient (Wildman–Crippen LogP) is 2.71. The Balaban J connectivity index is -0.00000000357. The second kappa shape index (κ2) is 170. The number of rotatable bonds is 0. The van der Waals surface area contributed by atoms with E-state index in [9.17, 15) is 0 Å². The Morgan fingerprint density at radius 3 is 0.778 bits per heavy atom. The summed E-state index contributed by atoms with van der Waals surface area (Å²) in [5.74, 6) is 0. The largest absolute Gasteiger partial charge is 0.388 e. The summed E-state index contributed by atoms with van der Waals surface area (Å²) in [5, 5.41) is 0. The zero-order chi connectivity index (χ0) is 4.71. The van der Waals surface area contributed by atoms with Gasteiger partial charge in [-0.1, -0.05) is 13.8 Å². The lowest BCUT2D eigenvalue weighted by Crippen LogP contribution is -1.55. The van der Waals surface area contributed by atoms with Gasteiger partial charge in [0.05, 0.1) is 0 Å². The quantitative estimate of drug-likeness (QED) is 0.591. The van der Waals surface area contributed by atoms with E-state index in [0.29, 0.717) is 0 Å². The van der Waals surface area contributed by atoms with Crippen LogP contribution in [0.4, 0.5) is 4.70 Å². The fraction of sp³-hybridized carbons (Fsp3) is 1.00. The zero-order valence-corrected chi connectivity index (χ0v) is 8.49. The summed E-state index contributed by atoms with van der Waals surface area (Å²) in [6, 6.07) is 0. The summed E-state index contributed by atoms with van der Waals surface area (Å²) >= 11 is 0. The highest BCUT2D eigenvalue weighted by Gasteiger charge is 1.25. The fourth-order valence-corrected chi connectivity index (χ4v) is 0. The van der Waals surface area contributed by atoms with Crippen LogP contribution >= 0.6 is 37.2 Å². The molecule has 0 spiro atoms. The molecule has 0 aliphatic carbocycles. The lowest BCUT2D eigenvalue weighted by molar-refractivity contribution is 0.277. The van der Waals surface area contributed by atoms with Crippen LogP contribution in [0.2, 0.25) is 0 Å². The number of hydrogen-bond donors (Lipinski definition) is 0. The van der Waals surface area contributed by atoms with E-state index in [0.717, 1.165) is 0 Å². The maximum atomic E-state index is 4.25. The van der Waals surface area contributed by atoms with Gasteiger partial charge in [0.2, 0.25) is 0 Å². The number of ether oxygens (including phenoxy) is 1. The second-order valence-corrected chi connectivity index (χ2v) is 0.408. The zero-order valence-electron chi connectivity index (χ0n) is 6.04. The van der Waals surface area contributed by atoms with Crippen LogP contribution in [0, 0.1) is 0 Å². The van der Waals surface area contributed by atoms with Crippen molar-refractivity contribution in [2.45, 2.75) is 13.8 Å². The highest BCUT2D eigenvalue weighted by Crippen LogP contribution is 1.28. The Kier molecular flexibility index (Phi) is 1000. The Morgan fingerprint density at radius 1 is 0.778 bits per heavy atom. The maximum Gasteiger partial charge on any atom is 0.0351 e. The molecule has 0 atom stereocenters. The van der Waals surface area contributed by atoms with Gasteiger partial charge >= 0.3 is 0 Å². The summed E-state index contributed by atoms with van der Waals surface area (Å²) < 4.78 is 4.25. The first-order valence-corrected chi connectivity index (χ1v) is 1.82. The van der Waals surface area contributed by atoms with Crippen LogP contribution in [0.3, 0.4) is 0 Å². The third-order valence-electron chi connectivity index (χ3n) is 0. The smallest absolute Gasteiger partial charge is 0.0351 e. The highest BCUT2D eigenvalue weighted by molar-refractivity contribution is 5.86. The van der Waals surface area contributed by atoms with Gasteiger partial charge in [-0.25, -0.2) is 0 Å². The average Bonchev–Trinajstić information content (AvgIpc) is 1.46. The molecule has 0 saturated carbocycles. The van der Waals surface area contributed by atoms with Crippen LogP contribution in [0.15, 0.2) is 0 Å². The molecule has 0 aromatic rings. The Morgan fingerprint density at radius 2 is 0.778 bits per heavy atom. The van der Waals surface area contributed by atoms with Gasteiger partial charge in [-0.15, -0.1) is 37.2 Å². The minimum absolute atomic E-state index is 0. The summed E-state index contributed by atoms with van der Waals surface area (Å²) in [6.45, 7) is 4.00. The van der Waals surface area contributed by atoms with Crippen molar-refractivity contribution in [1.29, 1.82) is 0 Å². The molecular weight excluding hydrogens is 189 g/mol. The van der Waals surface area contributed by atoms with Gasteiger partial charge in [-0.05, 0) is 0 Å². The van der Waals surface area contributed by atoms with Crippen LogP contribution in [0.25, 0.3) is 0 Å². The maximum absolute atomic E-state index is 4.25. The minimum atomic E-state index is 0. The van der Waals surface area contributed by atoms with E-state index < -0.39 is 0 Å². The summed E-state index contributed by atoms with van der Waals surface area (Å²) in [6.07, 6.45) is 0. The lowest BCUT2D eigenvalue weighted by atomic mass is 11.0. The SMILES string of the molecule is CC.COC.Cl.Cl.Cl.F. The molecule has 66 valence electrons. The first-order valence-electron chi connectivity index (χ1n) is 1.82. The summed E-state index contributed by atoms with van der Waals surface area (Å²) in [7, 11) is 3.25. The van der Waals surface area contributed by atoms with Crippen LogP contribution in [0.1, 0.15) is 13.8 Å². The molecule has 0 rings (SSSR count). The van der Waals surface area contributed by atoms with E-state index in [1.54, 1.807) is 14.2 Å². The lowest BCUT2D eigenvalue weighted by Gasteiger charge is -1.61. The fourth-order valence-electron chi connectivity index (χ4n) is 0. The van der Waals surface area contributed by atoms with Crippen molar-refractivity contribution >= 4 is 37.2 Å².